The molecule has 4 rings (SSSR count). The molecule has 4 aromatic rings. The van der Waals surface area contributed by atoms with Gasteiger partial charge in [-0.05, 0) is 30.0 Å². The van der Waals surface area contributed by atoms with Crippen molar-refractivity contribution in [2.75, 3.05) is 6.26 Å². The lowest BCUT2D eigenvalue weighted by atomic mass is 10.1. The lowest BCUT2D eigenvalue weighted by molar-refractivity contribution is 0.586. The number of hydrogen-bond donors (Lipinski definition) is 0. The largest absolute Gasteiger partial charge is 0.245 e. The lowest BCUT2D eigenvalue weighted by Gasteiger charge is -2.08. The summed E-state index contributed by atoms with van der Waals surface area (Å²) in [4.78, 5) is 13.1. The van der Waals surface area contributed by atoms with Crippen LogP contribution >= 0.6 is 11.8 Å². The Morgan fingerprint density at radius 3 is 2.47 bits per heavy atom. The Morgan fingerprint density at radius 1 is 0.933 bits per heavy atom. The Bertz CT molecular complexity index is 1310. The van der Waals surface area contributed by atoms with Crippen molar-refractivity contribution in [3.05, 3.63) is 83.8 Å². The number of halogens is 1. The highest BCUT2D eigenvalue weighted by atomic mass is 32.2. The second-order valence-corrected chi connectivity index (χ2v) is 9.62. The van der Waals surface area contributed by atoms with E-state index in [9.17, 15) is 12.8 Å². The maximum Gasteiger partial charge on any atom is 0.187 e. The fourth-order valence-corrected chi connectivity index (χ4v) is 4.96. The van der Waals surface area contributed by atoms with E-state index in [1.54, 1.807) is 42.6 Å². The van der Waals surface area contributed by atoms with Gasteiger partial charge in [-0.2, -0.15) is 0 Å². The molecule has 0 radical (unpaired) electrons. The van der Waals surface area contributed by atoms with Crippen molar-refractivity contribution in [1.29, 1.82) is 0 Å². The second kappa shape index (κ2) is 8.49. The molecule has 0 aliphatic carbocycles. The summed E-state index contributed by atoms with van der Waals surface area (Å²) in [5.74, 6) is -1.05. The predicted molar refractivity (Wildman–Crippen MR) is 117 cm³/mol. The van der Waals surface area contributed by atoms with Gasteiger partial charge < -0.3 is 0 Å². The van der Waals surface area contributed by atoms with Crippen molar-refractivity contribution in [3.8, 4) is 11.3 Å². The third kappa shape index (κ3) is 4.66. The van der Waals surface area contributed by atoms with E-state index in [1.165, 1.54) is 23.9 Å². The first kappa shape index (κ1) is 20.4. The number of pyridine rings is 1. The van der Waals surface area contributed by atoms with Crippen molar-refractivity contribution in [2.24, 2.45) is 0 Å². The molecule has 152 valence electrons. The van der Waals surface area contributed by atoms with E-state index in [2.05, 4.69) is 15.0 Å². The van der Waals surface area contributed by atoms with Gasteiger partial charge in [0, 0.05) is 11.1 Å². The molecule has 0 aliphatic heterocycles. The number of sulfone groups is 1. The summed E-state index contributed by atoms with van der Waals surface area (Å²) in [6.45, 7) is 0. The fourth-order valence-electron chi connectivity index (χ4n) is 3.10. The highest BCUT2D eigenvalue weighted by molar-refractivity contribution is 7.98. The van der Waals surface area contributed by atoms with Gasteiger partial charge in [-0.1, -0.05) is 54.2 Å². The van der Waals surface area contributed by atoms with Gasteiger partial charge in [-0.15, -0.1) is 0 Å². The Morgan fingerprint density at radius 2 is 1.73 bits per heavy atom. The average molecular weight is 440 g/mol. The summed E-state index contributed by atoms with van der Waals surface area (Å²) in [6.07, 6.45) is 3.53. The van der Waals surface area contributed by atoms with Gasteiger partial charge in [0.25, 0.3) is 0 Å². The molecular formula is C22H18FN3O2S2. The van der Waals surface area contributed by atoms with E-state index in [1.807, 2.05) is 18.4 Å². The fraction of sp³-hybridized carbons (Fsp3) is 0.136. The van der Waals surface area contributed by atoms with E-state index in [-0.39, 0.29) is 17.1 Å². The van der Waals surface area contributed by atoms with Crippen molar-refractivity contribution in [2.45, 2.75) is 16.7 Å². The Hall–Kier alpha value is -2.84. The number of nitrogens with zero attached hydrogens (tertiary/aromatic N) is 3. The molecule has 2 aromatic heterocycles. The second-order valence-electron chi connectivity index (χ2n) is 6.78. The van der Waals surface area contributed by atoms with E-state index in [0.717, 1.165) is 0 Å². The van der Waals surface area contributed by atoms with Gasteiger partial charge in [-0.3, -0.25) is 0 Å². The molecule has 0 saturated heterocycles. The van der Waals surface area contributed by atoms with Crippen LogP contribution in [0.25, 0.3) is 22.3 Å². The molecule has 0 saturated carbocycles. The molecule has 0 bridgehead atoms. The van der Waals surface area contributed by atoms with Crippen molar-refractivity contribution in [3.63, 3.8) is 0 Å². The molecule has 0 unspecified atom stereocenters. The monoisotopic (exact) mass is 439 g/mol. The van der Waals surface area contributed by atoms with Crippen LogP contribution in [-0.4, -0.2) is 29.6 Å². The van der Waals surface area contributed by atoms with E-state index >= 15 is 0 Å². The number of rotatable bonds is 6. The first-order valence-electron chi connectivity index (χ1n) is 9.14. The number of hydrogen-bond acceptors (Lipinski definition) is 6. The van der Waals surface area contributed by atoms with E-state index in [0.29, 0.717) is 33.0 Å². The normalized spacial score (nSPS) is 11.7. The molecule has 0 spiro atoms. The SMILES string of the molecule is CSc1ncc2nc(-c3ccc(CS(=O)(=O)Cc4ccccc4)c(F)c3)ccc2n1. The summed E-state index contributed by atoms with van der Waals surface area (Å²) >= 11 is 1.44. The van der Waals surface area contributed by atoms with Crippen molar-refractivity contribution < 1.29 is 12.8 Å². The summed E-state index contributed by atoms with van der Waals surface area (Å²) in [6, 6.07) is 17.0. The zero-order chi connectivity index (χ0) is 21.1. The van der Waals surface area contributed by atoms with Gasteiger partial charge in [0.2, 0.25) is 0 Å². The van der Waals surface area contributed by atoms with Gasteiger partial charge in [-0.25, -0.2) is 27.8 Å². The van der Waals surface area contributed by atoms with Crippen LogP contribution in [0.4, 0.5) is 4.39 Å². The predicted octanol–water partition coefficient (Wildman–Crippen LogP) is 4.67. The van der Waals surface area contributed by atoms with Crippen LogP contribution in [0.5, 0.6) is 0 Å². The number of benzene rings is 2. The highest BCUT2D eigenvalue weighted by Crippen LogP contribution is 2.24. The molecule has 0 N–H and O–H groups in total. The molecule has 2 aromatic carbocycles. The zero-order valence-corrected chi connectivity index (χ0v) is 17.8. The Balaban J connectivity index is 1.58. The molecule has 0 aliphatic rings. The van der Waals surface area contributed by atoms with Crippen molar-refractivity contribution >= 4 is 32.6 Å². The molecule has 0 atom stereocenters. The van der Waals surface area contributed by atoms with Gasteiger partial charge in [0.15, 0.2) is 15.0 Å². The van der Waals surface area contributed by atoms with E-state index < -0.39 is 15.7 Å². The van der Waals surface area contributed by atoms with Gasteiger partial charge >= 0.3 is 0 Å². The molecule has 0 fully saturated rings. The molecule has 5 nitrogen and oxygen atoms in total. The van der Waals surface area contributed by atoms with Crippen LogP contribution in [-0.2, 0) is 21.3 Å². The molecule has 2 heterocycles. The summed E-state index contributed by atoms with van der Waals surface area (Å²) < 4.78 is 39.7. The maximum absolute atomic E-state index is 14.7. The van der Waals surface area contributed by atoms with Crippen LogP contribution in [0.1, 0.15) is 11.1 Å². The summed E-state index contributed by atoms with van der Waals surface area (Å²) in [5, 5.41) is 0.657. The number of aromatic nitrogens is 3. The molecular weight excluding hydrogens is 421 g/mol. The first-order valence-corrected chi connectivity index (χ1v) is 12.2. The zero-order valence-electron chi connectivity index (χ0n) is 16.1. The van der Waals surface area contributed by atoms with Crippen LogP contribution in [0.15, 0.2) is 72.0 Å². The van der Waals surface area contributed by atoms with Gasteiger partial charge in [0.1, 0.15) is 11.3 Å². The Labute approximate surface area is 178 Å². The van der Waals surface area contributed by atoms with Crippen LogP contribution in [0.3, 0.4) is 0 Å². The van der Waals surface area contributed by atoms with Gasteiger partial charge in [0.05, 0.1) is 28.9 Å². The highest BCUT2D eigenvalue weighted by Gasteiger charge is 2.17. The Kier molecular flexibility index (Phi) is 5.78. The topological polar surface area (TPSA) is 72.8 Å². The summed E-state index contributed by atoms with van der Waals surface area (Å²) in [5.41, 5.74) is 3.28. The van der Waals surface area contributed by atoms with Crippen LogP contribution < -0.4 is 0 Å². The third-order valence-electron chi connectivity index (χ3n) is 4.55. The minimum Gasteiger partial charge on any atom is -0.245 e. The lowest BCUT2D eigenvalue weighted by Crippen LogP contribution is -2.09. The molecule has 8 heteroatoms. The smallest absolute Gasteiger partial charge is 0.187 e. The molecule has 0 amide bonds. The summed E-state index contributed by atoms with van der Waals surface area (Å²) in [7, 11) is -3.50. The van der Waals surface area contributed by atoms with Crippen LogP contribution in [0, 0.1) is 5.82 Å². The number of thioether (sulfide) groups is 1. The van der Waals surface area contributed by atoms with E-state index in [4.69, 9.17) is 0 Å². The quantitative estimate of drug-likeness (QED) is 0.321. The minimum atomic E-state index is -3.50. The van der Waals surface area contributed by atoms with Crippen LogP contribution in [0.2, 0.25) is 0 Å². The minimum absolute atomic E-state index is 0.126. The number of fused-ring (bicyclic) bond motifs is 1. The third-order valence-corrected chi connectivity index (χ3v) is 6.64. The van der Waals surface area contributed by atoms with Crippen molar-refractivity contribution in [1.82, 2.24) is 15.0 Å². The molecule has 30 heavy (non-hydrogen) atoms. The standard InChI is InChI=1S/C22H18FN3O2S2/c1-29-22-24-12-21-20(26-22)10-9-19(25-21)16-7-8-17(18(23)11-16)14-30(27,28)13-15-5-3-2-4-6-15/h2-12H,13-14H2,1H3. The average Bonchev–Trinajstić information content (AvgIpc) is 2.74. The maximum atomic E-state index is 14.7. The first-order chi connectivity index (χ1) is 14.4.